The summed E-state index contributed by atoms with van der Waals surface area (Å²) in [5.41, 5.74) is 0.303. The van der Waals surface area contributed by atoms with Gasteiger partial charge in [-0.3, -0.25) is 19.3 Å². The van der Waals surface area contributed by atoms with Gasteiger partial charge in [-0.25, -0.2) is 4.79 Å². The maximum absolute atomic E-state index is 12.6. The third kappa shape index (κ3) is 2.88. The van der Waals surface area contributed by atoms with Crippen LogP contribution in [0.15, 0.2) is 65.9 Å². The number of para-hydroxylation sites is 2. The zero-order chi connectivity index (χ0) is 19.8. The third-order valence-electron chi connectivity index (χ3n) is 4.43. The molecule has 0 radical (unpaired) electrons. The standard InChI is InChI=1S/C21H13NO6/c23-16-7-3-1-5-12(16)9-13-10-18(24)22(20(13)26)11-15-19(25)14-6-2-4-8-17(14)28-21(15)27/h1-9,11,23H,10H2. The van der Waals surface area contributed by atoms with E-state index in [0.29, 0.717) is 5.56 Å². The van der Waals surface area contributed by atoms with Crippen molar-refractivity contribution in [3.8, 4) is 11.5 Å². The Morgan fingerprint density at radius 1 is 0.964 bits per heavy atom. The molecule has 138 valence electrons. The van der Waals surface area contributed by atoms with Crippen LogP contribution in [0.4, 0.5) is 0 Å². The molecule has 0 bridgehead atoms. The van der Waals surface area contributed by atoms with E-state index in [0.717, 1.165) is 11.1 Å². The van der Waals surface area contributed by atoms with Crippen molar-refractivity contribution >= 4 is 29.6 Å². The van der Waals surface area contributed by atoms with Gasteiger partial charge in [-0.05, 0) is 24.3 Å². The molecule has 2 aliphatic heterocycles. The van der Waals surface area contributed by atoms with Crippen molar-refractivity contribution in [3.05, 3.63) is 77.0 Å². The molecule has 2 aromatic carbocycles. The average molecular weight is 375 g/mol. The van der Waals surface area contributed by atoms with Crippen molar-refractivity contribution in [2.75, 3.05) is 0 Å². The van der Waals surface area contributed by atoms with Crippen molar-refractivity contribution < 1.29 is 29.0 Å². The molecule has 7 nitrogen and oxygen atoms in total. The highest BCUT2D eigenvalue weighted by Gasteiger charge is 2.37. The molecule has 1 N–H and O–H groups in total. The molecule has 4 rings (SSSR count). The molecular weight excluding hydrogens is 362 g/mol. The molecular formula is C21H13NO6. The Hall–Kier alpha value is -4.00. The van der Waals surface area contributed by atoms with Crippen molar-refractivity contribution in [1.82, 2.24) is 4.90 Å². The van der Waals surface area contributed by atoms with Gasteiger partial charge < -0.3 is 9.84 Å². The van der Waals surface area contributed by atoms with Gasteiger partial charge in [-0.1, -0.05) is 30.3 Å². The number of ketones is 1. The number of fused-ring (bicyclic) bond motifs is 1. The van der Waals surface area contributed by atoms with Crippen LogP contribution in [0, 0.1) is 0 Å². The molecule has 2 amide bonds. The number of Topliss-reactive ketones (excluding diaryl/α,β-unsaturated/α-hetero) is 1. The van der Waals surface area contributed by atoms with Gasteiger partial charge in [-0.15, -0.1) is 0 Å². The molecule has 0 saturated carbocycles. The summed E-state index contributed by atoms with van der Waals surface area (Å²) in [7, 11) is 0. The zero-order valence-electron chi connectivity index (χ0n) is 14.4. The van der Waals surface area contributed by atoms with Crippen LogP contribution in [-0.4, -0.2) is 33.6 Å². The normalized spacial score (nSPS) is 19.4. The van der Waals surface area contributed by atoms with Crippen LogP contribution in [-0.2, 0) is 14.4 Å². The minimum absolute atomic E-state index is 0.0327. The number of hydrogen-bond donors (Lipinski definition) is 1. The van der Waals surface area contributed by atoms with E-state index in [9.17, 15) is 24.3 Å². The predicted octanol–water partition coefficient (Wildman–Crippen LogP) is 2.22. The van der Waals surface area contributed by atoms with Crippen LogP contribution >= 0.6 is 0 Å². The van der Waals surface area contributed by atoms with Gasteiger partial charge in [0.05, 0.1) is 12.0 Å². The number of amides is 2. The summed E-state index contributed by atoms with van der Waals surface area (Å²) >= 11 is 0. The van der Waals surface area contributed by atoms with E-state index in [-0.39, 0.29) is 29.1 Å². The lowest BCUT2D eigenvalue weighted by Gasteiger charge is -2.18. The minimum Gasteiger partial charge on any atom is -0.507 e. The zero-order valence-corrected chi connectivity index (χ0v) is 14.4. The number of carbonyl (C=O) groups is 4. The van der Waals surface area contributed by atoms with Gasteiger partial charge in [0.15, 0.2) is 0 Å². The van der Waals surface area contributed by atoms with E-state index in [1.54, 1.807) is 30.3 Å². The van der Waals surface area contributed by atoms with E-state index in [1.807, 2.05) is 0 Å². The van der Waals surface area contributed by atoms with Gasteiger partial charge >= 0.3 is 5.97 Å². The second kappa shape index (κ2) is 6.62. The molecule has 2 aromatic rings. The molecule has 0 atom stereocenters. The van der Waals surface area contributed by atoms with E-state index in [2.05, 4.69) is 0 Å². The molecule has 0 unspecified atom stereocenters. The van der Waals surface area contributed by atoms with Crippen LogP contribution in [0.1, 0.15) is 22.3 Å². The van der Waals surface area contributed by atoms with Crippen LogP contribution in [0.3, 0.4) is 0 Å². The van der Waals surface area contributed by atoms with Crippen LogP contribution < -0.4 is 4.74 Å². The highest BCUT2D eigenvalue weighted by Crippen LogP contribution is 2.30. The fourth-order valence-electron chi connectivity index (χ4n) is 3.01. The summed E-state index contributed by atoms with van der Waals surface area (Å²) in [4.78, 5) is 50.4. The van der Waals surface area contributed by atoms with Crippen LogP contribution in [0.5, 0.6) is 11.5 Å². The number of esters is 1. The molecule has 2 heterocycles. The number of nitrogens with zero attached hydrogens (tertiary/aromatic N) is 1. The quantitative estimate of drug-likeness (QED) is 0.284. The van der Waals surface area contributed by atoms with Crippen molar-refractivity contribution in [1.29, 1.82) is 0 Å². The van der Waals surface area contributed by atoms with Gasteiger partial charge in [0.25, 0.3) is 5.91 Å². The lowest BCUT2D eigenvalue weighted by Crippen LogP contribution is -2.30. The molecule has 7 heteroatoms. The summed E-state index contributed by atoms with van der Waals surface area (Å²) in [6.45, 7) is 0. The van der Waals surface area contributed by atoms with Gasteiger partial charge in [0.2, 0.25) is 11.7 Å². The Morgan fingerprint density at radius 2 is 1.68 bits per heavy atom. The molecule has 2 aliphatic rings. The Morgan fingerprint density at radius 3 is 2.46 bits per heavy atom. The molecule has 0 aliphatic carbocycles. The molecule has 1 saturated heterocycles. The second-order valence-electron chi connectivity index (χ2n) is 6.23. The third-order valence-corrected chi connectivity index (χ3v) is 4.43. The first-order chi connectivity index (χ1) is 13.5. The number of imide groups is 1. The minimum atomic E-state index is -0.928. The summed E-state index contributed by atoms with van der Waals surface area (Å²) in [5, 5.41) is 9.84. The van der Waals surface area contributed by atoms with Crippen molar-refractivity contribution in [2.45, 2.75) is 6.42 Å². The van der Waals surface area contributed by atoms with Crippen molar-refractivity contribution in [3.63, 3.8) is 0 Å². The number of likely N-dealkylation sites (tertiary alicyclic amines) is 1. The number of ether oxygens (including phenoxy) is 1. The molecule has 0 spiro atoms. The Bertz CT molecular complexity index is 1110. The number of hydrogen-bond acceptors (Lipinski definition) is 6. The molecule has 0 aromatic heterocycles. The average Bonchev–Trinajstić information content (AvgIpc) is 2.94. The van der Waals surface area contributed by atoms with Crippen LogP contribution in [0.25, 0.3) is 6.08 Å². The largest absolute Gasteiger partial charge is 0.507 e. The fraction of sp³-hybridized carbons (Fsp3) is 0.0476. The Balaban J connectivity index is 1.68. The van der Waals surface area contributed by atoms with Gasteiger partial charge in [0.1, 0.15) is 17.1 Å². The monoisotopic (exact) mass is 375 g/mol. The Kier molecular flexibility index (Phi) is 4.12. The number of aromatic hydroxyl groups is 1. The summed E-state index contributed by atoms with van der Waals surface area (Å²) in [6.07, 6.45) is 2.12. The smallest absolute Gasteiger partial charge is 0.349 e. The number of phenolic OH excluding ortho intramolecular Hbond substituents is 1. The number of phenols is 1. The highest BCUT2D eigenvalue weighted by molar-refractivity contribution is 6.28. The van der Waals surface area contributed by atoms with Gasteiger partial charge in [-0.2, -0.15) is 0 Å². The summed E-state index contributed by atoms with van der Waals surface area (Å²) in [5.74, 6) is -2.70. The first-order valence-corrected chi connectivity index (χ1v) is 8.38. The van der Waals surface area contributed by atoms with E-state index in [4.69, 9.17) is 4.74 Å². The SMILES string of the molecule is O=C1Oc2ccccc2C(=O)C1=CN1C(=O)CC(=Cc2ccccc2O)C1=O. The van der Waals surface area contributed by atoms with E-state index >= 15 is 0 Å². The fourth-order valence-corrected chi connectivity index (χ4v) is 3.01. The topological polar surface area (TPSA) is 101 Å². The summed E-state index contributed by atoms with van der Waals surface area (Å²) < 4.78 is 5.11. The Labute approximate surface area is 159 Å². The highest BCUT2D eigenvalue weighted by atomic mass is 16.5. The summed E-state index contributed by atoms with van der Waals surface area (Å²) in [6, 6.07) is 12.6. The predicted molar refractivity (Wildman–Crippen MR) is 97.0 cm³/mol. The van der Waals surface area contributed by atoms with E-state index in [1.165, 1.54) is 24.3 Å². The second-order valence-corrected chi connectivity index (χ2v) is 6.23. The molecule has 28 heavy (non-hydrogen) atoms. The molecule has 1 fully saturated rings. The van der Waals surface area contributed by atoms with Gasteiger partial charge in [0, 0.05) is 17.3 Å². The maximum atomic E-state index is 12.6. The van der Waals surface area contributed by atoms with Crippen LogP contribution in [0.2, 0.25) is 0 Å². The van der Waals surface area contributed by atoms with Crippen molar-refractivity contribution in [2.24, 2.45) is 0 Å². The number of carbonyl (C=O) groups excluding carboxylic acids is 4. The lowest BCUT2D eigenvalue weighted by atomic mass is 10.0. The lowest BCUT2D eigenvalue weighted by molar-refractivity contribution is -0.134. The number of rotatable bonds is 2. The number of benzene rings is 2. The first-order valence-electron chi connectivity index (χ1n) is 8.38. The maximum Gasteiger partial charge on any atom is 0.349 e. The first kappa shape index (κ1) is 17.4. The van der Waals surface area contributed by atoms with E-state index < -0.39 is 29.1 Å².